The predicted octanol–water partition coefficient (Wildman–Crippen LogP) is 1.12. The molecule has 0 radical (unpaired) electrons. The zero-order valence-corrected chi connectivity index (χ0v) is 13.3. The van der Waals surface area contributed by atoms with Crippen molar-refractivity contribution >= 4 is 35.2 Å². The molecule has 0 fully saturated rings. The zero-order valence-electron chi connectivity index (χ0n) is 12.5. The molecule has 0 saturated heterocycles. The highest BCUT2D eigenvalue weighted by Gasteiger charge is 2.21. The Balaban J connectivity index is 2.87. The van der Waals surface area contributed by atoms with Crippen LogP contribution in [0.25, 0.3) is 0 Å². The van der Waals surface area contributed by atoms with Crippen LogP contribution < -0.4 is 10.6 Å². The molecule has 1 aromatic rings. The molecule has 0 aliphatic heterocycles. The number of hydrogen-bond acceptors (Lipinski definition) is 6. The van der Waals surface area contributed by atoms with Crippen LogP contribution in [0, 0.1) is 0 Å². The van der Waals surface area contributed by atoms with Crippen LogP contribution in [0.3, 0.4) is 0 Å². The number of nitrogens with one attached hydrogen (secondary N) is 2. The molecule has 1 atom stereocenters. The van der Waals surface area contributed by atoms with Crippen molar-refractivity contribution in [2.24, 2.45) is 0 Å². The lowest BCUT2D eigenvalue weighted by Gasteiger charge is -2.16. The number of hydrogen-bond donors (Lipinski definition) is 3. The second-order valence-corrected chi connectivity index (χ2v) is 5.51. The highest BCUT2D eigenvalue weighted by molar-refractivity contribution is 7.99. The Bertz CT molecular complexity index is 576. The van der Waals surface area contributed by atoms with Crippen LogP contribution in [0.1, 0.15) is 13.8 Å². The van der Waals surface area contributed by atoms with Gasteiger partial charge in [-0.15, -0.1) is 11.8 Å². The molecule has 0 spiro atoms. The largest absolute Gasteiger partial charge is 0.508 e. The van der Waals surface area contributed by atoms with Crippen LogP contribution in [-0.4, -0.2) is 41.8 Å². The molecule has 1 rings (SSSR count). The van der Waals surface area contributed by atoms with Crippen molar-refractivity contribution in [1.29, 1.82) is 0 Å². The first kappa shape index (κ1) is 17.8. The molecule has 0 bridgehead atoms. The molecule has 8 heteroatoms. The number of thioether (sulfide) groups is 1. The maximum atomic E-state index is 11.6. The van der Waals surface area contributed by atoms with E-state index in [0.29, 0.717) is 10.6 Å². The number of methoxy groups -OCH3 is 1. The molecule has 0 aromatic heterocycles. The second-order valence-electron chi connectivity index (χ2n) is 4.45. The van der Waals surface area contributed by atoms with Crippen LogP contribution in [0.4, 0.5) is 5.69 Å². The SMILES string of the molecule is COC(=O)[C@H](CSc1cc(O)ccc1NC(C)=O)NC(C)=O. The van der Waals surface area contributed by atoms with Crippen LogP contribution >= 0.6 is 11.8 Å². The Morgan fingerprint density at radius 2 is 1.95 bits per heavy atom. The molecule has 1 aromatic carbocycles. The van der Waals surface area contributed by atoms with Gasteiger partial charge in [0.2, 0.25) is 11.8 Å². The normalized spacial score (nSPS) is 11.4. The quantitative estimate of drug-likeness (QED) is 0.411. The van der Waals surface area contributed by atoms with E-state index in [9.17, 15) is 19.5 Å². The number of anilines is 1. The Hall–Kier alpha value is -2.22. The van der Waals surface area contributed by atoms with Gasteiger partial charge < -0.3 is 20.5 Å². The maximum absolute atomic E-state index is 11.6. The predicted molar refractivity (Wildman–Crippen MR) is 82.8 cm³/mol. The number of carbonyl (C=O) groups is 3. The van der Waals surface area contributed by atoms with Crippen LogP contribution in [0.2, 0.25) is 0 Å². The molecule has 3 N–H and O–H groups in total. The summed E-state index contributed by atoms with van der Waals surface area (Å²) in [6, 6.07) is 3.66. The van der Waals surface area contributed by atoms with Crippen LogP contribution in [-0.2, 0) is 19.1 Å². The van der Waals surface area contributed by atoms with Crippen molar-refractivity contribution in [2.45, 2.75) is 24.8 Å². The average Bonchev–Trinajstić information content (AvgIpc) is 2.44. The first-order valence-electron chi connectivity index (χ1n) is 6.41. The molecular formula is C14H18N2O5S. The van der Waals surface area contributed by atoms with Gasteiger partial charge in [0.1, 0.15) is 11.8 Å². The average molecular weight is 326 g/mol. The summed E-state index contributed by atoms with van der Waals surface area (Å²) in [5.74, 6) is -0.940. The third-order valence-corrected chi connectivity index (χ3v) is 3.69. The first-order chi connectivity index (χ1) is 10.3. The summed E-state index contributed by atoms with van der Waals surface area (Å²) in [4.78, 5) is 34.5. The fourth-order valence-electron chi connectivity index (χ4n) is 1.65. The number of phenols is 1. The van der Waals surface area contributed by atoms with E-state index < -0.39 is 12.0 Å². The van der Waals surface area contributed by atoms with Crippen molar-refractivity contribution in [3.8, 4) is 5.75 Å². The molecule has 7 nitrogen and oxygen atoms in total. The molecule has 22 heavy (non-hydrogen) atoms. The number of benzene rings is 1. The third kappa shape index (κ3) is 5.65. The number of rotatable bonds is 6. The van der Waals surface area contributed by atoms with Gasteiger partial charge in [-0.3, -0.25) is 9.59 Å². The summed E-state index contributed by atoms with van der Waals surface area (Å²) in [6.07, 6.45) is 0. The van der Waals surface area contributed by atoms with E-state index in [-0.39, 0.29) is 23.3 Å². The van der Waals surface area contributed by atoms with Crippen LogP contribution in [0.15, 0.2) is 23.1 Å². The van der Waals surface area contributed by atoms with E-state index >= 15 is 0 Å². The minimum absolute atomic E-state index is 0.0331. The molecular weight excluding hydrogens is 308 g/mol. The molecule has 0 heterocycles. The first-order valence-corrected chi connectivity index (χ1v) is 7.40. The Morgan fingerprint density at radius 3 is 2.50 bits per heavy atom. The lowest BCUT2D eigenvalue weighted by molar-refractivity contribution is -0.144. The number of ether oxygens (including phenoxy) is 1. The van der Waals surface area contributed by atoms with E-state index in [4.69, 9.17) is 0 Å². The fraction of sp³-hybridized carbons (Fsp3) is 0.357. The van der Waals surface area contributed by atoms with Gasteiger partial charge in [0.15, 0.2) is 0 Å². The molecule has 0 saturated carbocycles. The number of esters is 1. The van der Waals surface area contributed by atoms with Gasteiger partial charge in [-0.25, -0.2) is 4.79 Å². The Labute approximate surface area is 132 Å². The third-order valence-electron chi connectivity index (χ3n) is 2.54. The minimum atomic E-state index is -0.819. The molecule has 0 unspecified atom stereocenters. The van der Waals surface area contributed by atoms with E-state index in [1.807, 2.05) is 0 Å². The smallest absolute Gasteiger partial charge is 0.329 e. The van der Waals surface area contributed by atoms with Crippen molar-refractivity contribution in [3.63, 3.8) is 0 Å². The van der Waals surface area contributed by atoms with Gasteiger partial charge in [0, 0.05) is 24.5 Å². The van der Waals surface area contributed by atoms with E-state index in [1.54, 1.807) is 6.07 Å². The van der Waals surface area contributed by atoms with Gasteiger partial charge in [0.25, 0.3) is 0 Å². The van der Waals surface area contributed by atoms with Crippen molar-refractivity contribution in [2.75, 3.05) is 18.2 Å². The van der Waals surface area contributed by atoms with Gasteiger partial charge in [-0.05, 0) is 18.2 Å². The molecule has 120 valence electrons. The summed E-state index contributed by atoms with van der Waals surface area (Å²) < 4.78 is 4.63. The van der Waals surface area contributed by atoms with E-state index in [0.717, 1.165) is 0 Å². The monoisotopic (exact) mass is 326 g/mol. The number of amides is 2. The van der Waals surface area contributed by atoms with Crippen molar-refractivity contribution < 1.29 is 24.2 Å². The van der Waals surface area contributed by atoms with E-state index in [1.165, 1.54) is 44.9 Å². The lowest BCUT2D eigenvalue weighted by atomic mass is 10.3. The number of aromatic hydroxyl groups is 1. The van der Waals surface area contributed by atoms with Gasteiger partial charge >= 0.3 is 5.97 Å². The fourth-order valence-corrected chi connectivity index (χ4v) is 2.70. The molecule has 0 aliphatic carbocycles. The summed E-state index contributed by atoms with van der Waals surface area (Å²) >= 11 is 1.21. The Kier molecular flexibility index (Phi) is 6.71. The van der Waals surface area contributed by atoms with Gasteiger partial charge in [-0.1, -0.05) is 0 Å². The standard InChI is InChI=1S/C14H18N2O5S/c1-8(17)15-11-5-4-10(19)6-13(11)22-7-12(14(20)21-3)16-9(2)18/h4-6,12,19H,7H2,1-3H3,(H,15,17)(H,16,18)/t12-/m0/s1. The molecule has 0 aliphatic rings. The summed E-state index contributed by atoms with van der Waals surface area (Å²) in [5, 5.41) is 14.7. The summed E-state index contributed by atoms with van der Waals surface area (Å²) in [5.41, 5.74) is 0.516. The minimum Gasteiger partial charge on any atom is -0.508 e. The van der Waals surface area contributed by atoms with E-state index in [2.05, 4.69) is 15.4 Å². The second kappa shape index (κ2) is 8.28. The summed E-state index contributed by atoms with van der Waals surface area (Å²) in [6.45, 7) is 2.67. The maximum Gasteiger partial charge on any atom is 0.329 e. The van der Waals surface area contributed by atoms with Crippen molar-refractivity contribution in [3.05, 3.63) is 18.2 Å². The zero-order chi connectivity index (χ0) is 16.7. The van der Waals surface area contributed by atoms with Gasteiger partial charge in [0.05, 0.1) is 12.8 Å². The topological polar surface area (TPSA) is 105 Å². The van der Waals surface area contributed by atoms with Gasteiger partial charge in [-0.2, -0.15) is 0 Å². The Morgan fingerprint density at radius 1 is 1.27 bits per heavy atom. The highest BCUT2D eigenvalue weighted by atomic mass is 32.2. The van der Waals surface area contributed by atoms with Crippen LogP contribution in [0.5, 0.6) is 5.75 Å². The number of carbonyl (C=O) groups excluding carboxylic acids is 3. The molecule has 2 amide bonds. The number of phenolic OH excluding ortho intramolecular Hbond substituents is 1. The highest BCUT2D eigenvalue weighted by Crippen LogP contribution is 2.31. The van der Waals surface area contributed by atoms with Crippen molar-refractivity contribution in [1.82, 2.24) is 5.32 Å². The summed E-state index contributed by atoms with van der Waals surface area (Å²) in [7, 11) is 1.24. The lowest BCUT2D eigenvalue weighted by Crippen LogP contribution is -2.42.